The van der Waals surface area contributed by atoms with E-state index in [9.17, 15) is 9.59 Å². The van der Waals surface area contributed by atoms with E-state index in [0.717, 1.165) is 22.3 Å². The third-order valence-electron chi connectivity index (χ3n) is 7.02. The lowest BCUT2D eigenvalue weighted by Gasteiger charge is -2.37. The second-order valence-corrected chi connectivity index (χ2v) is 11.7. The third kappa shape index (κ3) is 6.39. The van der Waals surface area contributed by atoms with Gasteiger partial charge in [0.1, 0.15) is 11.3 Å². The Morgan fingerprint density at radius 2 is 1.77 bits per heavy atom. The number of fused-ring (bicyclic) bond motifs is 1. The van der Waals surface area contributed by atoms with Crippen molar-refractivity contribution in [2.45, 2.75) is 52.7 Å². The van der Waals surface area contributed by atoms with E-state index in [4.69, 9.17) is 33.3 Å². The molecule has 1 aliphatic rings. The average molecular weight is 573 g/mol. The van der Waals surface area contributed by atoms with Crippen molar-refractivity contribution >= 4 is 57.5 Å². The van der Waals surface area contributed by atoms with Crippen molar-refractivity contribution in [1.82, 2.24) is 14.5 Å². The number of hydrogen-bond acceptors (Lipinski definition) is 6. The Kier molecular flexibility index (Phi) is 8.57. The number of anilines is 1. The van der Waals surface area contributed by atoms with Gasteiger partial charge in [0.2, 0.25) is 5.91 Å². The number of imidazole rings is 1. The number of nitrogens with one attached hydrogen (secondary N) is 1. The number of amides is 1. The lowest BCUT2D eigenvalue weighted by Crippen LogP contribution is -2.52. The van der Waals surface area contributed by atoms with Gasteiger partial charge in [-0.3, -0.25) is 10.2 Å². The average Bonchev–Trinajstić information content (AvgIpc) is 3.31. The molecule has 2 atom stereocenters. The summed E-state index contributed by atoms with van der Waals surface area (Å²) in [6.07, 6.45) is 2.19. The number of ether oxygens (including phenoxy) is 1. The van der Waals surface area contributed by atoms with E-state index in [1.54, 1.807) is 31.7 Å². The summed E-state index contributed by atoms with van der Waals surface area (Å²) in [6.45, 7) is 11.4. The lowest BCUT2D eigenvalue weighted by molar-refractivity contribution is -0.147. The molecular weight excluding hydrogens is 537 g/mol. The van der Waals surface area contributed by atoms with Crippen molar-refractivity contribution in [1.29, 1.82) is 5.41 Å². The molecule has 3 aromatic rings. The van der Waals surface area contributed by atoms with E-state index in [1.165, 1.54) is 0 Å². The highest BCUT2D eigenvalue weighted by molar-refractivity contribution is 6.39. The van der Waals surface area contributed by atoms with Gasteiger partial charge in [0, 0.05) is 41.9 Å². The van der Waals surface area contributed by atoms with Crippen molar-refractivity contribution in [3.8, 4) is 0 Å². The van der Waals surface area contributed by atoms with Gasteiger partial charge in [-0.25, -0.2) is 9.78 Å². The SMILES string of the molecule is CC[C@H](C(=N)C(=O)OC(C)(C)C)C(=O)N1CCN(c2ccc3ncn([C@H](C)c4ccc(Cl)cc4Cl)c3c2)CC1. The molecule has 0 saturated carbocycles. The number of hydrogen-bond donors (Lipinski definition) is 1. The topological polar surface area (TPSA) is 91.5 Å². The predicted octanol–water partition coefficient (Wildman–Crippen LogP) is 5.99. The fourth-order valence-corrected chi connectivity index (χ4v) is 5.46. The van der Waals surface area contributed by atoms with E-state index < -0.39 is 17.5 Å². The Bertz CT molecular complexity index is 1390. The number of benzene rings is 2. The Morgan fingerprint density at radius 3 is 2.38 bits per heavy atom. The Morgan fingerprint density at radius 1 is 1.08 bits per heavy atom. The third-order valence-corrected chi connectivity index (χ3v) is 7.58. The van der Waals surface area contributed by atoms with Gasteiger partial charge < -0.3 is 19.1 Å². The summed E-state index contributed by atoms with van der Waals surface area (Å²) in [5.74, 6) is -1.74. The van der Waals surface area contributed by atoms with Gasteiger partial charge in [0.05, 0.1) is 29.3 Å². The van der Waals surface area contributed by atoms with Crippen molar-refractivity contribution < 1.29 is 14.3 Å². The molecular formula is C29H35Cl2N5O3. The molecule has 1 N–H and O–H groups in total. The molecule has 10 heteroatoms. The van der Waals surface area contributed by atoms with E-state index in [2.05, 4.69) is 27.4 Å². The molecule has 1 aliphatic heterocycles. The zero-order valence-corrected chi connectivity index (χ0v) is 24.5. The number of rotatable bonds is 7. The van der Waals surface area contributed by atoms with Gasteiger partial charge in [-0.15, -0.1) is 0 Å². The van der Waals surface area contributed by atoms with Crippen LogP contribution < -0.4 is 4.90 Å². The molecule has 1 aromatic heterocycles. The normalized spacial score (nSPS) is 15.8. The van der Waals surface area contributed by atoms with Crippen LogP contribution in [0.2, 0.25) is 10.0 Å². The van der Waals surface area contributed by atoms with Crippen LogP contribution in [0.25, 0.3) is 11.0 Å². The van der Waals surface area contributed by atoms with Gasteiger partial charge in [-0.1, -0.05) is 36.2 Å². The molecule has 39 heavy (non-hydrogen) atoms. The summed E-state index contributed by atoms with van der Waals surface area (Å²) in [6, 6.07) is 11.6. The summed E-state index contributed by atoms with van der Waals surface area (Å²) in [4.78, 5) is 34.2. The molecule has 1 saturated heterocycles. The second kappa shape index (κ2) is 11.6. The minimum Gasteiger partial charge on any atom is -0.455 e. The first-order chi connectivity index (χ1) is 18.4. The van der Waals surface area contributed by atoms with Gasteiger partial charge in [0.25, 0.3) is 0 Å². The van der Waals surface area contributed by atoms with Crippen molar-refractivity contribution in [3.63, 3.8) is 0 Å². The van der Waals surface area contributed by atoms with E-state index >= 15 is 0 Å². The number of piperazine rings is 1. The molecule has 0 unspecified atom stereocenters. The number of carbonyl (C=O) groups excluding carboxylic acids is 2. The molecule has 1 fully saturated rings. The minimum absolute atomic E-state index is 0.0456. The first-order valence-corrected chi connectivity index (χ1v) is 13.9. The maximum atomic E-state index is 13.3. The largest absolute Gasteiger partial charge is 0.455 e. The fraction of sp³-hybridized carbons (Fsp3) is 0.448. The van der Waals surface area contributed by atoms with Crippen LogP contribution in [-0.2, 0) is 14.3 Å². The predicted molar refractivity (Wildman–Crippen MR) is 156 cm³/mol. The van der Waals surface area contributed by atoms with E-state index in [0.29, 0.717) is 42.6 Å². The van der Waals surface area contributed by atoms with Crippen molar-refractivity contribution in [2.24, 2.45) is 5.92 Å². The van der Waals surface area contributed by atoms with Crippen molar-refractivity contribution in [3.05, 3.63) is 58.3 Å². The zero-order chi connectivity index (χ0) is 28.5. The minimum atomic E-state index is -0.807. The monoisotopic (exact) mass is 571 g/mol. The highest BCUT2D eigenvalue weighted by Crippen LogP contribution is 2.32. The lowest BCUT2D eigenvalue weighted by atomic mass is 9.97. The maximum Gasteiger partial charge on any atom is 0.353 e. The molecule has 0 radical (unpaired) electrons. The van der Waals surface area contributed by atoms with Crippen LogP contribution in [0.5, 0.6) is 0 Å². The van der Waals surface area contributed by atoms with Crippen LogP contribution >= 0.6 is 23.2 Å². The summed E-state index contributed by atoms with van der Waals surface area (Å²) >= 11 is 12.6. The summed E-state index contributed by atoms with van der Waals surface area (Å²) < 4.78 is 7.43. The molecule has 8 nitrogen and oxygen atoms in total. The standard InChI is InChI=1S/C29H35Cl2N5O3/c1-6-21(26(32)28(38)39-29(3,4)5)27(37)35-13-11-34(12-14-35)20-8-10-24-25(16-20)36(17-33-24)18(2)22-9-7-19(30)15-23(22)31/h7-10,15-18,21,32H,6,11-14H2,1-5H3/t18-,21-/m1/s1. The molecule has 208 valence electrons. The molecule has 0 bridgehead atoms. The van der Waals surface area contributed by atoms with Gasteiger partial charge in [0.15, 0.2) is 0 Å². The van der Waals surface area contributed by atoms with E-state index in [1.807, 2.05) is 37.5 Å². The summed E-state index contributed by atoms with van der Waals surface area (Å²) in [5.41, 5.74) is 2.87. The molecule has 0 aliphatic carbocycles. The van der Waals surface area contributed by atoms with Crippen LogP contribution in [0, 0.1) is 11.3 Å². The van der Waals surface area contributed by atoms with E-state index in [-0.39, 0.29) is 17.7 Å². The highest BCUT2D eigenvalue weighted by Gasteiger charge is 2.34. The van der Waals surface area contributed by atoms with Crippen LogP contribution in [0.4, 0.5) is 5.69 Å². The number of aromatic nitrogens is 2. The van der Waals surface area contributed by atoms with Gasteiger partial charge in [-0.2, -0.15) is 0 Å². The quantitative estimate of drug-likeness (QED) is 0.278. The first-order valence-electron chi connectivity index (χ1n) is 13.2. The molecule has 2 heterocycles. The highest BCUT2D eigenvalue weighted by atomic mass is 35.5. The number of carbonyl (C=O) groups is 2. The van der Waals surface area contributed by atoms with Gasteiger partial charge in [-0.05, 0) is 70.0 Å². The Labute approximate surface area is 239 Å². The number of esters is 1. The zero-order valence-electron chi connectivity index (χ0n) is 23.0. The smallest absolute Gasteiger partial charge is 0.353 e. The molecule has 4 rings (SSSR count). The number of nitrogens with zero attached hydrogens (tertiary/aromatic N) is 4. The molecule has 1 amide bonds. The van der Waals surface area contributed by atoms with Crippen LogP contribution in [-0.4, -0.2) is 63.8 Å². The van der Waals surface area contributed by atoms with Gasteiger partial charge >= 0.3 is 5.97 Å². The number of halogens is 2. The maximum absolute atomic E-state index is 13.3. The Hall–Kier alpha value is -3.10. The van der Waals surface area contributed by atoms with Crippen molar-refractivity contribution in [2.75, 3.05) is 31.1 Å². The van der Waals surface area contributed by atoms with Crippen LogP contribution in [0.15, 0.2) is 42.7 Å². The first kappa shape index (κ1) is 28.9. The van der Waals surface area contributed by atoms with Crippen LogP contribution in [0.3, 0.4) is 0 Å². The molecule has 0 spiro atoms. The fourth-order valence-electron chi connectivity index (χ4n) is 4.89. The van der Waals surface area contributed by atoms with Crippen LogP contribution in [0.1, 0.15) is 52.6 Å². The molecule has 2 aromatic carbocycles. The Balaban J connectivity index is 1.46. The summed E-state index contributed by atoms with van der Waals surface area (Å²) in [5, 5.41) is 9.51. The summed E-state index contributed by atoms with van der Waals surface area (Å²) in [7, 11) is 0. The second-order valence-electron chi connectivity index (χ2n) is 10.9.